The van der Waals surface area contributed by atoms with Crippen LogP contribution in [0.5, 0.6) is 5.75 Å². The van der Waals surface area contributed by atoms with Gasteiger partial charge in [-0.15, -0.1) is 0 Å². The van der Waals surface area contributed by atoms with Gasteiger partial charge in [0.15, 0.2) is 5.75 Å². The lowest BCUT2D eigenvalue weighted by Gasteiger charge is -2.31. The number of methoxy groups -OCH3 is 1. The Morgan fingerprint density at radius 2 is 2.04 bits per heavy atom. The third kappa shape index (κ3) is 4.18. The van der Waals surface area contributed by atoms with Crippen LogP contribution in [0.25, 0.3) is 0 Å². The number of nitro benzene ring substituents is 1. The zero-order valence-corrected chi connectivity index (χ0v) is 14.0. The van der Waals surface area contributed by atoms with E-state index in [0.717, 1.165) is 38.5 Å². The predicted molar refractivity (Wildman–Crippen MR) is 85.1 cm³/mol. The van der Waals surface area contributed by atoms with Crippen molar-refractivity contribution in [2.24, 2.45) is 0 Å². The van der Waals surface area contributed by atoms with Gasteiger partial charge in [0.05, 0.1) is 16.9 Å². The second-order valence-electron chi connectivity index (χ2n) is 5.42. The van der Waals surface area contributed by atoms with E-state index in [0.29, 0.717) is 0 Å². The highest BCUT2D eigenvalue weighted by atomic mass is 32.2. The molecule has 1 heterocycles. The first kappa shape index (κ1) is 17.6. The van der Waals surface area contributed by atoms with E-state index in [1.54, 1.807) is 0 Å². The number of piperidine rings is 1. The van der Waals surface area contributed by atoms with Crippen LogP contribution >= 0.6 is 0 Å². The van der Waals surface area contributed by atoms with Crippen LogP contribution in [0.2, 0.25) is 0 Å². The summed E-state index contributed by atoms with van der Waals surface area (Å²) in [4.78, 5) is 12.5. The van der Waals surface area contributed by atoms with Crippen molar-refractivity contribution in [2.45, 2.75) is 30.7 Å². The normalized spacial score (nSPS) is 17.1. The number of hydrogen-bond acceptors (Lipinski definition) is 6. The molecule has 2 rings (SSSR count). The fourth-order valence-corrected chi connectivity index (χ4v) is 3.96. The van der Waals surface area contributed by atoms with E-state index in [4.69, 9.17) is 4.74 Å². The number of rotatable bonds is 6. The van der Waals surface area contributed by atoms with E-state index in [1.807, 2.05) is 0 Å². The number of likely N-dealkylation sites (tertiary alicyclic amines) is 1. The average molecular weight is 343 g/mol. The minimum absolute atomic E-state index is 0.0326. The Labute approximate surface area is 135 Å². The first-order valence-corrected chi connectivity index (χ1v) is 8.92. The van der Waals surface area contributed by atoms with Crippen LogP contribution in [0, 0.1) is 10.1 Å². The van der Waals surface area contributed by atoms with E-state index in [1.165, 1.54) is 19.2 Å². The standard InChI is InChI=1S/C14H21N3O5S/c1-3-16-8-6-11(7-9-16)15-23(20,21)12-4-5-14(22-2)13(10-12)17(18)19/h4-5,10-11,15H,3,6-9H2,1-2H3. The molecule has 0 aromatic heterocycles. The first-order chi connectivity index (χ1) is 10.9. The summed E-state index contributed by atoms with van der Waals surface area (Å²) < 4.78 is 32.4. The zero-order valence-electron chi connectivity index (χ0n) is 13.2. The lowest BCUT2D eigenvalue weighted by Crippen LogP contribution is -2.44. The molecule has 1 saturated heterocycles. The Kier molecular flexibility index (Phi) is 5.55. The maximum Gasteiger partial charge on any atom is 0.312 e. The highest BCUT2D eigenvalue weighted by Crippen LogP contribution is 2.29. The number of nitrogens with one attached hydrogen (secondary N) is 1. The highest BCUT2D eigenvalue weighted by Gasteiger charge is 2.26. The van der Waals surface area contributed by atoms with E-state index >= 15 is 0 Å². The van der Waals surface area contributed by atoms with Crippen LogP contribution in [-0.2, 0) is 10.0 Å². The molecule has 0 aliphatic carbocycles. The molecule has 1 aromatic carbocycles. The van der Waals surface area contributed by atoms with Gasteiger partial charge >= 0.3 is 5.69 Å². The Hall–Kier alpha value is -1.71. The van der Waals surface area contributed by atoms with Crippen LogP contribution in [-0.4, -0.2) is 51.0 Å². The predicted octanol–water partition coefficient (Wildman–Crippen LogP) is 1.37. The molecular weight excluding hydrogens is 322 g/mol. The van der Waals surface area contributed by atoms with Crippen molar-refractivity contribution in [3.05, 3.63) is 28.3 Å². The van der Waals surface area contributed by atoms with Gasteiger partial charge in [-0.25, -0.2) is 13.1 Å². The maximum atomic E-state index is 12.4. The van der Waals surface area contributed by atoms with Crippen LogP contribution in [0.1, 0.15) is 19.8 Å². The van der Waals surface area contributed by atoms with Gasteiger partial charge in [0.2, 0.25) is 10.0 Å². The van der Waals surface area contributed by atoms with Gasteiger partial charge in [-0.05, 0) is 44.6 Å². The minimum Gasteiger partial charge on any atom is -0.490 e. The largest absolute Gasteiger partial charge is 0.490 e. The minimum atomic E-state index is -3.79. The maximum absolute atomic E-state index is 12.4. The van der Waals surface area contributed by atoms with Gasteiger partial charge in [0.1, 0.15) is 0 Å². The molecule has 1 N–H and O–H groups in total. The molecule has 0 bridgehead atoms. The van der Waals surface area contributed by atoms with Gasteiger partial charge in [0.25, 0.3) is 0 Å². The first-order valence-electron chi connectivity index (χ1n) is 7.44. The van der Waals surface area contributed by atoms with Gasteiger partial charge < -0.3 is 9.64 Å². The zero-order chi connectivity index (χ0) is 17.0. The average Bonchev–Trinajstić information content (AvgIpc) is 2.54. The summed E-state index contributed by atoms with van der Waals surface area (Å²) in [7, 11) is -2.49. The molecule has 0 amide bonds. The number of benzene rings is 1. The summed E-state index contributed by atoms with van der Waals surface area (Å²) in [6.07, 6.45) is 1.45. The van der Waals surface area contributed by atoms with E-state index in [2.05, 4.69) is 16.5 Å². The van der Waals surface area contributed by atoms with E-state index < -0.39 is 14.9 Å². The van der Waals surface area contributed by atoms with Gasteiger partial charge in [-0.1, -0.05) is 6.92 Å². The number of hydrogen-bond donors (Lipinski definition) is 1. The molecular formula is C14H21N3O5S. The van der Waals surface area contributed by atoms with Gasteiger partial charge in [0, 0.05) is 12.1 Å². The van der Waals surface area contributed by atoms with Crippen LogP contribution < -0.4 is 9.46 Å². The molecule has 1 aromatic rings. The SMILES string of the molecule is CCN1CCC(NS(=O)(=O)c2ccc(OC)c([N+](=O)[O-])c2)CC1. The fourth-order valence-electron chi connectivity index (χ4n) is 2.63. The molecule has 128 valence electrons. The van der Waals surface area contributed by atoms with Gasteiger partial charge in [-0.3, -0.25) is 10.1 Å². The third-order valence-corrected chi connectivity index (χ3v) is 5.53. The Morgan fingerprint density at radius 3 is 2.57 bits per heavy atom. The van der Waals surface area contributed by atoms with E-state index in [9.17, 15) is 18.5 Å². The lowest BCUT2D eigenvalue weighted by molar-refractivity contribution is -0.386. The van der Waals surface area contributed by atoms with Crippen molar-refractivity contribution in [3.63, 3.8) is 0 Å². The molecule has 0 saturated carbocycles. The molecule has 1 fully saturated rings. The van der Waals surface area contributed by atoms with Crippen molar-refractivity contribution < 1.29 is 18.1 Å². The quantitative estimate of drug-likeness (QED) is 0.618. The summed E-state index contributed by atoms with van der Waals surface area (Å²) >= 11 is 0. The van der Waals surface area contributed by atoms with Gasteiger partial charge in [-0.2, -0.15) is 0 Å². The van der Waals surface area contributed by atoms with Crippen LogP contribution in [0.3, 0.4) is 0 Å². The number of nitrogens with zero attached hydrogens (tertiary/aromatic N) is 2. The van der Waals surface area contributed by atoms with E-state index in [-0.39, 0.29) is 22.4 Å². The Morgan fingerprint density at radius 1 is 1.39 bits per heavy atom. The third-order valence-electron chi connectivity index (χ3n) is 4.01. The molecule has 0 spiro atoms. The number of sulfonamides is 1. The van der Waals surface area contributed by atoms with Crippen molar-refractivity contribution in [2.75, 3.05) is 26.7 Å². The van der Waals surface area contributed by atoms with Crippen LogP contribution in [0.4, 0.5) is 5.69 Å². The van der Waals surface area contributed by atoms with Crippen molar-refractivity contribution in [1.82, 2.24) is 9.62 Å². The molecule has 0 radical (unpaired) electrons. The fraction of sp³-hybridized carbons (Fsp3) is 0.571. The molecule has 1 aliphatic rings. The summed E-state index contributed by atoms with van der Waals surface area (Å²) in [5.74, 6) is 0.0326. The molecule has 1 aliphatic heterocycles. The van der Waals surface area contributed by atoms with Crippen molar-refractivity contribution >= 4 is 15.7 Å². The second-order valence-corrected chi connectivity index (χ2v) is 7.13. The molecule has 23 heavy (non-hydrogen) atoms. The smallest absolute Gasteiger partial charge is 0.312 e. The van der Waals surface area contributed by atoms with Crippen LogP contribution in [0.15, 0.2) is 23.1 Å². The number of ether oxygens (including phenoxy) is 1. The highest BCUT2D eigenvalue weighted by molar-refractivity contribution is 7.89. The summed E-state index contributed by atoms with van der Waals surface area (Å²) in [5, 5.41) is 11.0. The summed E-state index contributed by atoms with van der Waals surface area (Å²) in [6, 6.07) is 3.49. The van der Waals surface area contributed by atoms with Crippen molar-refractivity contribution in [3.8, 4) is 5.75 Å². The molecule has 0 atom stereocenters. The van der Waals surface area contributed by atoms with Crippen molar-refractivity contribution in [1.29, 1.82) is 0 Å². The molecule has 8 nitrogen and oxygen atoms in total. The second kappa shape index (κ2) is 7.24. The topological polar surface area (TPSA) is 102 Å². The Balaban J connectivity index is 2.17. The summed E-state index contributed by atoms with van der Waals surface area (Å²) in [5.41, 5.74) is -0.365. The monoisotopic (exact) mass is 343 g/mol. The summed E-state index contributed by atoms with van der Waals surface area (Å²) in [6.45, 7) is 4.70. The molecule has 9 heteroatoms. The Bertz CT molecular complexity index is 669. The number of nitro groups is 1. The molecule has 0 unspecified atom stereocenters. The lowest BCUT2D eigenvalue weighted by atomic mass is 10.1.